The molecule has 2 amide bonds. The lowest BCUT2D eigenvalue weighted by atomic mass is 10.1. The maximum Gasteiger partial charge on any atom is 0.217 e. The van der Waals surface area contributed by atoms with E-state index in [2.05, 4.69) is 16.7 Å². The van der Waals surface area contributed by atoms with Crippen molar-refractivity contribution in [2.45, 2.75) is 40.8 Å². The first-order valence-electron chi connectivity index (χ1n) is 7.97. The third-order valence-electron chi connectivity index (χ3n) is 3.29. The molecule has 128 valence electrons. The summed E-state index contributed by atoms with van der Waals surface area (Å²) in [6.45, 7) is 8.37. The Bertz CT molecular complexity index is 664. The van der Waals surface area contributed by atoms with Gasteiger partial charge < -0.3 is 10.6 Å². The molecule has 4 nitrogen and oxygen atoms in total. The van der Waals surface area contributed by atoms with E-state index in [-0.39, 0.29) is 11.8 Å². The van der Waals surface area contributed by atoms with E-state index >= 15 is 0 Å². The Morgan fingerprint density at radius 2 is 1.29 bits per heavy atom. The van der Waals surface area contributed by atoms with Crippen molar-refractivity contribution in [3.05, 3.63) is 70.8 Å². The van der Waals surface area contributed by atoms with Crippen LogP contribution in [0.5, 0.6) is 0 Å². The zero-order valence-electron chi connectivity index (χ0n) is 14.8. The highest BCUT2D eigenvalue weighted by Crippen LogP contribution is 2.03. The van der Waals surface area contributed by atoms with Crippen molar-refractivity contribution < 1.29 is 9.59 Å². The Hall–Kier alpha value is -2.62. The van der Waals surface area contributed by atoms with Crippen molar-refractivity contribution in [3.63, 3.8) is 0 Å². The SMILES string of the molecule is CC(=O)NCc1ccc(C)cc1.CC(=O)NCc1cccc(C)c1. The lowest BCUT2D eigenvalue weighted by molar-refractivity contribution is -0.120. The largest absolute Gasteiger partial charge is 0.352 e. The van der Waals surface area contributed by atoms with Crippen molar-refractivity contribution in [1.29, 1.82) is 0 Å². The molecule has 0 saturated carbocycles. The van der Waals surface area contributed by atoms with Crippen LogP contribution in [-0.4, -0.2) is 11.8 Å². The number of benzene rings is 2. The first-order chi connectivity index (χ1) is 11.4. The number of carbonyl (C=O) groups excluding carboxylic acids is 2. The predicted octanol–water partition coefficient (Wildman–Crippen LogP) is 3.26. The van der Waals surface area contributed by atoms with Gasteiger partial charge in [-0.1, -0.05) is 59.7 Å². The second-order valence-electron chi connectivity index (χ2n) is 5.79. The number of hydrogen-bond acceptors (Lipinski definition) is 2. The number of aryl methyl sites for hydroxylation is 2. The van der Waals surface area contributed by atoms with Gasteiger partial charge in [-0.25, -0.2) is 0 Å². The summed E-state index contributed by atoms with van der Waals surface area (Å²) < 4.78 is 0. The molecule has 2 aromatic rings. The average molecular weight is 326 g/mol. The molecule has 2 aromatic carbocycles. The van der Waals surface area contributed by atoms with E-state index in [9.17, 15) is 9.59 Å². The molecular weight excluding hydrogens is 300 g/mol. The molecule has 0 spiro atoms. The quantitative estimate of drug-likeness (QED) is 0.906. The fourth-order valence-corrected chi connectivity index (χ4v) is 1.98. The van der Waals surface area contributed by atoms with Crippen molar-refractivity contribution in [2.75, 3.05) is 0 Å². The summed E-state index contributed by atoms with van der Waals surface area (Å²) in [5, 5.41) is 5.49. The van der Waals surface area contributed by atoms with Crippen LogP contribution >= 0.6 is 0 Å². The van der Waals surface area contributed by atoms with Crippen molar-refractivity contribution in [3.8, 4) is 0 Å². The maximum absolute atomic E-state index is 10.6. The number of amides is 2. The third-order valence-corrected chi connectivity index (χ3v) is 3.29. The van der Waals surface area contributed by atoms with Gasteiger partial charge in [-0.2, -0.15) is 0 Å². The molecule has 0 aromatic heterocycles. The molecule has 0 bridgehead atoms. The Labute approximate surface area is 144 Å². The van der Waals surface area contributed by atoms with Gasteiger partial charge in [0.1, 0.15) is 0 Å². The molecule has 0 radical (unpaired) electrons. The Kier molecular flexibility index (Phi) is 8.26. The van der Waals surface area contributed by atoms with E-state index in [0.29, 0.717) is 13.1 Å². The molecule has 0 unspecified atom stereocenters. The van der Waals surface area contributed by atoms with Crippen molar-refractivity contribution in [2.24, 2.45) is 0 Å². The molecule has 0 aliphatic carbocycles. The molecule has 24 heavy (non-hydrogen) atoms. The second-order valence-corrected chi connectivity index (χ2v) is 5.79. The molecule has 4 heteroatoms. The van der Waals surface area contributed by atoms with Gasteiger partial charge in [0.05, 0.1) is 0 Å². The molecule has 0 saturated heterocycles. The maximum atomic E-state index is 10.6. The monoisotopic (exact) mass is 326 g/mol. The Morgan fingerprint density at radius 3 is 1.79 bits per heavy atom. The van der Waals surface area contributed by atoms with Crippen LogP contribution in [0, 0.1) is 13.8 Å². The number of carbonyl (C=O) groups is 2. The molecule has 0 atom stereocenters. The number of nitrogens with one attached hydrogen (secondary N) is 2. The van der Waals surface area contributed by atoms with Crippen molar-refractivity contribution in [1.82, 2.24) is 10.6 Å². The molecule has 0 aliphatic rings. The van der Waals surface area contributed by atoms with Gasteiger partial charge in [0.25, 0.3) is 0 Å². The summed E-state index contributed by atoms with van der Waals surface area (Å²) in [6.07, 6.45) is 0. The minimum atomic E-state index is 0.00979. The highest BCUT2D eigenvalue weighted by molar-refractivity contribution is 5.73. The first-order valence-corrected chi connectivity index (χ1v) is 7.97. The Morgan fingerprint density at radius 1 is 0.750 bits per heavy atom. The normalized spacial score (nSPS) is 9.50. The fourth-order valence-electron chi connectivity index (χ4n) is 1.98. The van der Waals surface area contributed by atoms with Crippen molar-refractivity contribution >= 4 is 11.8 Å². The molecule has 2 rings (SSSR count). The zero-order valence-corrected chi connectivity index (χ0v) is 14.8. The van der Waals surface area contributed by atoms with Crippen LogP contribution in [0.1, 0.15) is 36.1 Å². The van der Waals surface area contributed by atoms with E-state index < -0.39 is 0 Å². The smallest absolute Gasteiger partial charge is 0.217 e. The number of hydrogen-bond donors (Lipinski definition) is 2. The van der Waals surface area contributed by atoms with Gasteiger partial charge >= 0.3 is 0 Å². The van der Waals surface area contributed by atoms with E-state index in [1.165, 1.54) is 25.0 Å². The predicted molar refractivity (Wildman–Crippen MR) is 97.4 cm³/mol. The van der Waals surface area contributed by atoms with Crippen LogP contribution in [0.15, 0.2) is 48.5 Å². The molecule has 0 heterocycles. The minimum absolute atomic E-state index is 0.00979. The van der Waals surface area contributed by atoms with Crippen LogP contribution in [0.3, 0.4) is 0 Å². The Balaban J connectivity index is 0.000000240. The fraction of sp³-hybridized carbons (Fsp3) is 0.300. The second kappa shape index (κ2) is 10.2. The van der Waals surface area contributed by atoms with E-state index in [4.69, 9.17) is 0 Å². The summed E-state index contributed by atoms with van der Waals surface area (Å²) in [6, 6.07) is 16.2. The molecule has 0 aliphatic heterocycles. The highest BCUT2D eigenvalue weighted by Gasteiger charge is 1.94. The lowest BCUT2D eigenvalue weighted by Crippen LogP contribution is -2.18. The lowest BCUT2D eigenvalue weighted by Gasteiger charge is -2.02. The summed E-state index contributed by atoms with van der Waals surface area (Å²) in [7, 11) is 0. The van der Waals surface area contributed by atoms with Crippen LogP contribution in [-0.2, 0) is 22.7 Å². The van der Waals surface area contributed by atoms with Gasteiger partial charge in [-0.15, -0.1) is 0 Å². The third kappa shape index (κ3) is 8.73. The van der Waals surface area contributed by atoms with Gasteiger partial charge in [0.2, 0.25) is 11.8 Å². The minimum Gasteiger partial charge on any atom is -0.352 e. The van der Waals surface area contributed by atoms with Gasteiger partial charge in [0, 0.05) is 26.9 Å². The van der Waals surface area contributed by atoms with Crippen LogP contribution in [0.25, 0.3) is 0 Å². The van der Waals surface area contributed by atoms with Gasteiger partial charge in [-0.3, -0.25) is 9.59 Å². The molecule has 0 fully saturated rings. The van der Waals surface area contributed by atoms with Crippen LogP contribution in [0.2, 0.25) is 0 Å². The standard InChI is InChI=1S/2C10H13NO/c1-8-3-5-10(6-4-8)7-11-9(2)12;1-8-4-3-5-10(6-8)7-11-9(2)12/h2*3-6H,7H2,1-2H3,(H,11,12). The summed E-state index contributed by atoms with van der Waals surface area (Å²) in [5.74, 6) is 0.0204. The van der Waals surface area contributed by atoms with Crippen LogP contribution in [0.4, 0.5) is 0 Å². The summed E-state index contributed by atoms with van der Waals surface area (Å²) in [4.78, 5) is 21.2. The topological polar surface area (TPSA) is 58.2 Å². The summed E-state index contributed by atoms with van der Waals surface area (Å²) >= 11 is 0. The van der Waals surface area contributed by atoms with Gasteiger partial charge in [0.15, 0.2) is 0 Å². The van der Waals surface area contributed by atoms with E-state index in [1.54, 1.807) is 0 Å². The average Bonchev–Trinajstić information content (AvgIpc) is 2.53. The summed E-state index contributed by atoms with van der Waals surface area (Å²) in [5.41, 5.74) is 4.74. The molecular formula is C20H26N2O2. The highest BCUT2D eigenvalue weighted by atomic mass is 16.1. The number of rotatable bonds is 4. The van der Waals surface area contributed by atoms with Gasteiger partial charge in [-0.05, 0) is 25.0 Å². The van der Waals surface area contributed by atoms with Crippen LogP contribution < -0.4 is 10.6 Å². The molecule has 2 N–H and O–H groups in total. The van der Waals surface area contributed by atoms with E-state index in [0.717, 1.165) is 11.1 Å². The van der Waals surface area contributed by atoms with E-state index in [1.807, 2.05) is 56.3 Å². The first kappa shape index (κ1) is 19.4. The zero-order chi connectivity index (χ0) is 17.9.